The number of likely N-dealkylation sites (N-methyl/N-ethyl adjacent to an activating group) is 1. The summed E-state index contributed by atoms with van der Waals surface area (Å²) in [5.41, 5.74) is 34.4. The van der Waals surface area contributed by atoms with Crippen LogP contribution in [0, 0.1) is 0 Å². The van der Waals surface area contributed by atoms with Crippen LogP contribution in [0.15, 0.2) is 154 Å². The van der Waals surface area contributed by atoms with Gasteiger partial charge in [-0.3, -0.25) is 58.7 Å². The summed E-state index contributed by atoms with van der Waals surface area (Å²) >= 11 is 0. The number of methoxy groups -OCH3 is 5. The van der Waals surface area contributed by atoms with E-state index in [1.54, 1.807) is 123 Å². The lowest BCUT2D eigenvalue weighted by Crippen LogP contribution is -2.39. The highest BCUT2D eigenvalue weighted by Crippen LogP contribution is 2.34. The Morgan fingerprint density at radius 3 is 0.871 bits per heavy atom. The van der Waals surface area contributed by atoms with E-state index in [2.05, 4.69) is 129 Å². The average molecular weight is 1920 g/mol. The van der Waals surface area contributed by atoms with Gasteiger partial charge in [0.15, 0.2) is 57.3 Å². The zero-order valence-electron chi connectivity index (χ0n) is 77.5. The zero-order valence-corrected chi connectivity index (χ0v) is 77.5. The molecule has 15 N–H and O–H groups in total. The maximum absolute atomic E-state index is 12.9. The molecular formula is C90H104N34O16. The number of nitrogen functional groups attached to an aromatic ring is 5. The molecule has 0 aromatic carbocycles. The summed E-state index contributed by atoms with van der Waals surface area (Å²) in [6, 6.07) is 16.7. The first-order valence-electron chi connectivity index (χ1n) is 44.4. The summed E-state index contributed by atoms with van der Waals surface area (Å²) in [5.74, 6) is 2.59. The van der Waals surface area contributed by atoms with Crippen LogP contribution in [0.4, 0.5) is 57.5 Å². The summed E-state index contributed by atoms with van der Waals surface area (Å²) in [5, 5.41) is 34.5. The lowest BCUT2D eigenvalue weighted by Gasteiger charge is -2.30. The monoisotopic (exact) mass is 1920 g/mol. The van der Waals surface area contributed by atoms with E-state index in [9.17, 15) is 24.0 Å². The quantitative estimate of drug-likeness (QED) is 0.0267. The number of likely N-dealkylation sites (tertiary alicyclic amines) is 4. The predicted molar refractivity (Wildman–Crippen MR) is 511 cm³/mol. The Labute approximate surface area is 798 Å². The number of nitrogens with one attached hydrogen (secondary N) is 5. The molecule has 730 valence electrons. The molecular weight excluding hydrogens is 1810 g/mol. The fourth-order valence-electron chi connectivity index (χ4n) is 15.3. The van der Waals surface area contributed by atoms with Crippen molar-refractivity contribution in [2.45, 2.75) is 56.8 Å². The molecule has 20 heterocycles. The van der Waals surface area contributed by atoms with Crippen LogP contribution in [0.25, 0.3) is 28.2 Å². The van der Waals surface area contributed by atoms with Crippen LogP contribution in [0.5, 0.6) is 58.1 Å². The van der Waals surface area contributed by atoms with Crippen LogP contribution < -0.4 is 103 Å². The first-order valence-corrected chi connectivity index (χ1v) is 44.4. The van der Waals surface area contributed by atoms with Crippen LogP contribution >= 0.6 is 0 Å². The molecule has 15 aromatic rings. The highest BCUT2D eigenvalue weighted by Gasteiger charge is 2.31. The Morgan fingerprint density at radius 1 is 0.343 bits per heavy atom. The van der Waals surface area contributed by atoms with Gasteiger partial charge in [-0.25, -0.2) is 22.6 Å². The number of nitrogens with zero attached hydrogens (tertiary/aromatic N) is 24. The number of rotatable bonds is 29. The van der Waals surface area contributed by atoms with Crippen LogP contribution in [-0.4, -0.2) is 307 Å². The van der Waals surface area contributed by atoms with Crippen molar-refractivity contribution >= 4 is 115 Å². The van der Waals surface area contributed by atoms with Gasteiger partial charge >= 0.3 is 0 Å². The summed E-state index contributed by atoms with van der Waals surface area (Å²) in [7, 11) is 11.7. The van der Waals surface area contributed by atoms with E-state index in [4.69, 9.17) is 80.8 Å². The zero-order chi connectivity index (χ0) is 97.9. The molecule has 5 fully saturated rings. The number of fused-ring (bicyclic) bond motifs is 5. The van der Waals surface area contributed by atoms with Crippen molar-refractivity contribution < 1.29 is 76.1 Å². The number of ether oxygens (including phenoxy) is 11. The highest BCUT2D eigenvalue weighted by atomic mass is 16.6. The lowest BCUT2D eigenvalue weighted by molar-refractivity contribution is -0.0812. The predicted octanol–water partition coefficient (Wildman–Crippen LogP) is 5.73. The van der Waals surface area contributed by atoms with Gasteiger partial charge in [0.05, 0.1) is 79.7 Å². The number of carbonyl (C=O) groups excluding carboxylic acids is 5. The third-order valence-corrected chi connectivity index (χ3v) is 22.8. The Balaban J connectivity index is 0.000000126. The van der Waals surface area contributed by atoms with Crippen molar-refractivity contribution in [1.29, 1.82) is 0 Å². The minimum atomic E-state index is -0.472. The number of nitrogens with two attached hydrogens (primary N) is 5. The maximum Gasteiger partial charge on any atom is 0.263 e. The molecule has 50 nitrogen and oxygen atoms in total. The van der Waals surface area contributed by atoms with Crippen LogP contribution in [-0.2, 0) is 4.74 Å². The molecule has 50 heteroatoms. The first kappa shape index (κ1) is 96.1. The van der Waals surface area contributed by atoms with Crippen LogP contribution in [0.3, 0.4) is 0 Å². The van der Waals surface area contributed by atoms with Gasteiger partial charge in [-0.15, -0.1) is 25.5 Å². The summed E-state index contributed by atoms with van der Waals surface area (Å²) in [4.78, 5) is 115. The number of amides is 5. The molecule has 20 rings (SSSR count). The molecule has 1 atom stereocenters. The van der Waals surface area contributed by atoms with Crippen LogP contribution in [0.2, 0.25) is 0 Å². The molecule has 5 aliphatic rings. The molecule has 5 saturated heterocycles. The van der Waals surface area contributed by atoms with Crippen molar-refractivity contribution in [2.24, 2.45) is 0 Å². The minimum Gasteiger partial charge on any atom is -0.494 e. The van der Waals surface area contributed by atoms with Gasteiger partial charge in [0.2, 0.25) is 29.4 Å². The van der Waals surface area contributed by atoms with E-state index in [0.717, 1.165) is 84.7 Å². The van der Waals surface area contributed by atoms with E-state index in [1.165, 1.54) is 108 Å². The van der Waals surface area contributed by atoms with Crippen molar-refractivity contribution in [2.75, 3.05) is 197 Å². The maximum atomic E-state index is 12.9. The van der Waals surface area contributed by atoms with Gasteiger partial charge in [-0.05, 0) is 78.8 Å². The highest BCUT2D eigenvalue weighted by molar-refractivity contribution is 6.15. The molecule has 5 aliphatic heterocycles. The number of hydrogen-bond acceptors (Lipinski definition) is 40. The fourth-order valence-corrected chi connectivity index (χ4v) is 15.3. The molecule has 5 amide bonds. The second-order valence-corrected chi connectivity index (χ2v) is 32.3. The smallest absolute Gasteiger partial charge is 0.263 e. The standard InChI is InChI=1S/2C19H23N7O3.2C18H21N7O3.C16H16N6O4/c1-25-8-4-12(5-9-25)29-15-6-10-26-18(23-15)16(17(20)24-26)19(27)22-13-11-21-7-3-14(13)28-2;1-28-14-4-6-21-12-13(14)22-19(27)16-17(20)24-26-9-5-15(23-18(16)26)29-11-10-25-7-2-3-8-25;1-24-7-4-11(10-24)28-14-5-8-25-17(22-14)15(16(19)23-25)18(26)21-12-9-20-6-3-13(12)27-2;1-27-13-3-5-20-11-12(13)21-18(26)15-16(19)23-25-8-4-14(22-17(15)25)28-10-9-24-6-2-7-24;1-24-11-2-4-18-6-10(11)19-16(23)13-14(17)21-22-5-3-12(20-15(13)22)26-9-7-25-8-9/h3,6-7,10-12H,4-5,8-9H2,1-2H3,(H2,20,24)(H,22,27);4-6,9,12H,2-3,7-8,10-11H2,1H3,(H2,20,24)(H,22,27);3,5-6,8-9,11H,4,7,10H2,1-2H3,(H2,19,23)(H,21,26);3-5,8,11H,2,6-7,9-10H2,1H3,(H2,19,23)(H,21,26);2-6,9H,7-8H2,1H3,(H2,17,21)(H,19,23). The Kier molecular flexibility index (Phi) is 30.7. The molecule has 15 aromatic heterocycles. The normalized spacial score (nSPS) is 14.9. The Bertz CT molecular complexity index is 6910. The van der Waals surface area contributed by atoms with E-state index in [0.29, 0.717) is 141 Å². The number of anilines is 10. The largest absolute Gasteiger partial charge is 0.494 e. The number of pyridine rings is 5. The molecule has 0 aliphatic carbocycles. The van der Waals surface area contributed by atoms with Gasteiger partial charge < -0.3 is 117 Å². The third kappa shape index (κ3) is 23.0. The van der Waals surface area contributed by atoms with E-state index < -0.39 is 29.5 Å². The number of hydrogen-bond donors (Lipinski definition) is 10. The number of aromatic nitrogens is 20. The van der Waals surface area contributed by atoms with Crippen molar-refractivity contribution in [1.82, 2.24) is 118 Å². The molecule has 0 radical (unpaired) electrons. The molecule has 140 heavy (non-hydrogen) atoms. The van der Waals surface area contributed by atoms with Gasteiger partial charge in [0.25, 0.3) is 29.5 Å². The van der Waals surface area contributed by atoms with Gasteiger partial charge in [-0.1, -0.05) is 0 Å². The third-order valence-electron chi connectivity index (χ3n) is 22.8. The van der Waals surface area contributed by atoms with E-state index in [-0.39, 0.29) is 75.2 Å². The van der Waals surface area contributed by atoms with E-state index >= 15 is 0 Å². The summed E-state index contributed by atoms with van der Waals surface area (Å²) < 4.78 is 67.7. The Hall–Kier alpha value is -17.0. The topological polar surface area (TPSA) is 605 Å². The van der Waals surface area contributed by atoms with Gasteiger partial charge in [0, 0.05) is 162 Å². The molecule has 0 saturated carbocycles. The van der Waals surface area contributed by atoms with Crippen molar-refractivity contribution in [3.63, 3.8) is 0 Å². The van der Waals surface area contributed by atoms with Crippen molar-refractivity contribution in [3.05, 3.63) is 181 Å². The summed E-state index contributed by atoms with van der Waals surface area (Å²) in [6.07, 6.45) is 30.3. The Morgan fingerprint density at radius 2 is 0.607 bits per heavy atom. The summed E-state index contributed by atoms with van der Waals surface area (Å²) in [6.45, 7) is 12.0. The number of carbonyl (C=O) groups is 5. The fraction of sp³-hybridized carbons (Fsp3) is 0.333. The second kappa shape index (κ2) is 44.7. The number of piperidine rings is 1. The van der Waals surface area contributed by atoms with Crippen LogP contribution in [0.1, 0.15) is 90.3 Å². The molecule has 1 unspecified atom stereocenters. The van der Waals surface area contributed by atoms with E-state index in [1.807, 2.05) is 7.05 Å². The van der Waals surface area contributed by atoms with Crippen molar-refractivity contribution in [3.8, 4) is 58.1 Å². The first-order chi connectivity index (χ1) is 68.0. The van der Waals surface area contributed by atoms with Gasteiger partial charge in [0.1, 0.15) is 117 Å². The lowest BCUT2D eigenvalue weighted by atomic mass is 10.1. The SMILES string of the molecule is COc1ccncc1NC(=O)c1c(N)nn2ccc(OC3CCN(C)C3)nc12.COc1ccncc1NC(=O)c1c(N)nn2ccc(OC3CCN(C)CC3)nc12.COc1ccncc1NC(=O)c1c(N)nn2ccc(OC3COC3)nc12.COc1ccncc1NC(=O)c1c(N)nn2ccc(OCCN3CCC3)nc12.COc1ccncc1NC(=O)c1c(N)nn2ccc(OCCN3CCCC3)nc12. The van der Waals surface area contributed by atoms with Gasteiger partial charge in [-0.2, -0.15) is 24.9 Å². The average Bonchev–Trinajstić information content (AvgIpc) is 1.66. The minimum absolute atomic E-state index is 0.0397. The molecule has 0 bridgehead atoms. The molecule has 0 spiro atoms. The second-order valence-electron chi connectivity index (χ2n) is 32.3.